The molecule has 1 amide bonds. The molecular weight excluding hydrogens is 270 g/mol. The molecule has 1 heterocycles. The number of rotatable bonds is 5. The average Bonchev–Trinajstić information content (AvgIpc) is 2.53. The monoisotopic (exact) mass is 291 g/mol. The lowest BCUT2D eigenvalue weighted by atomic mass is 9.95. The Labute approximate surface area is 124 Å². The molecule has 1 aromatic rings. The zero-order chi connectivity index (χ0) is 15.2. The fourth-order valence-electron chi connectivity index (χ4n) is 2.50. The van der Waals surface area contributed by atoms with Crippen LogP contribution in [0.5, 0.6) is 0 Å². The van der Waals surface area contributed by atoms with Gasteiger partial charge in [0.1, 0.15) is 0 Å². The van der Waals surface area contributed by atoms with Gasteiger partial charge in [0, 0.05) is 44.7 Å². The van der Waals surface area contributed by atoms with E-state index in [1.807, 2.05) is 11.8 Å². The van der Waals surface area contributed by atoms with Crippen molar-refractivity contribution < 1.29 is 9.72 Å². The first-order valence-electron chi connectivity index (χ1n) is 7.31. The summed E-state index contributed by atoms with van der Waals surface area (Å²) in [4.78, 5) is 24.2. The number of nitro groups is 1. The van der Waals surface area contributed by atoms with Crippen molar-refractivity contribution in [1.29, 1.82) is 0 Å². The predicted octanol–water partition coefficient (Wildman–Crippen LogP) is 1.91. The number of benzene rings is 1. The van der Waals surface area contributed by atoms with E-state index in [0.717, 1.165) is 38.2 Å². The first-order valence-corrected chi connectivity index (χ1v) is 7.31. The highest BCUT2D eigenvalue weighted by molar-refractivity contribution is 5.76. The van der Waals surface area contributed by atoms with Crippen LogP contribution in [0.25, 0.3) is 0 Å². The number of nitrogens with zero attached hydrogens (tertiary/aromatic N) is 2. The van der Waals surface area contributed by atoms with Crippen LogP contribution in [0.3, 0.4) is 0 Å². The Kier molecular flexibility index (Phi) is 5.27. The van der Waals surface area contributed by atoms with E-state index in [-0.39, 0.29) is 17.5 Å². The zero-order valence-electron chi connectivity index (χ0n) is 12.2. The number of hydrogen-bond acceptors (Lipinski definition) is 4. The molecule has 0 bridgehead atoms. The molecule has 6 nitrogen and oxygen atoms in total. The first-order chi connectivity index (χ1) is 10.1. The number of carbonyl (C=O) groups is 1. The van der Waals surface area contributed by atoms with Crippen molar-refractivity contribution in [3.8, 4) is 0 Å². The second-order valence-electron chi connectivity index (χ2n) is 5.42. The first kappa shape index (κ1) is 15.4. The smallest absolute Gasteiger partial charge is 0.269 e. The minimum absolute atomic E-state index is 0.0999. The molecule has 1 unspecified atom stereocenters. The molecule has 6 heteroatoms. The summed E-state index contributed by atoms with van der Waals surface area (Å²) >= 11 is 0. The molecular formula is C15H21N3O3. The molecule has 1 aliphatic rings. The van der Waals surface area contributed by atoms with E-state index in [4.69, 9.17) is 0 Å². The fourth-order valence-corrected chi connectivity index (χ4v) is 2.50. The quantitative estimate of drug-likeness (QED) is 0.664. The Hall–Kier alpha value is -1.95. The van der Waals surface area contributed by atoms with Crippen LogP contribution in [-0.4, -0.2) is 41.9 Å². The summed E-state index contributed by atoms with van der Waals surface area (Å²) in [6.07, 6.45) is 1.29. The summed E-state index contributed by atoms with van der Waals surface area (Å²) in [6.45, 7) is 5.34. The lowest BCUT2D eigenvalue weighted by Gasteiger charge is -2.27. The minimum atomic E-state index is -0.400. The second kappa shape index (κ2) is 7.17. The van der Waals surface area contributed by atoms with Crippen LogP contribution < -0.4 is 5.32 Å². The van der Waals surface area contributed by atoms with Gasteiger partial charge in [-0.1, -0.05) is 19.1 Å². The van der Waals surface area contributed by atoms with Gasteiger partial charge in [-0.3, -0.25) is 14.9 Å². The number of non-ortho nitro benzene ring substituents is 1. The van der Waals surface area contributed by atoms with Crippen LogP contribution in [0.1, 0.15) is 31.2 Å². The molecule has 1 aromatic carbocycles. The van der Waals surface area contributed by atoms with Crippen molar-refractivity contribution in [2.45, 2.75) is 25.7 Å². The van der Waals surface area contributed by atoms with E-state index in [0.29, 0.717) is 6.42 Å². The van der Waals surface area contributed by atoms with E-state index >= 15 is 0 Å². The standard InChI is InChI=1S/C15H21N3O3/c1-12(13-3-5-14(6-4-13)18(20)21)2-7-15(19)17-10-8-16-9-11-17/h3-6,12,16H,2,7-11H2,1H3. The summed E-state index contributed by atoms with van der Waals surface area (Å²) < 4.78 is 0. The second-order valence-corrected chi connectivity index (χ2v) is 5.42. The molecule has 2 rings (SSSR count). The van der Waals surface area contributed by atoms with Crippen molar-refractivity contribution in [2.75, 3.05) is 26.2 Å². The molecule has 1 fully saturated rings. The fraction of sp³-hybridized carbons (Fsp3) is 0.533. The third kappa shape index (κ3) is 4.26. The largest absolute Gasteiger partial charge is 0.340 e. The molecule has 0 radical (unpaired) electrons. The molecule has 1 aliphatic heterocycles. The number of nitrogens with one attached hydrogen (secondary N) is 1. The molecule has 114 valence electrons. The third-order valence-electron chi connectivity index (χ3n) is 3.93. The summed E-state index contributed by atoms with van der Waals surface area (Å²) in [6, 6.07) is 6.59. The van der Waals surface area contributed by atoms with Gasteiger partial charge in [0.25, 0.3) is 5.69 Å². The van der Waals surface area contributed by atoms with Crippen molar-refractivity contribution >= 4 is 11.6 Å². The lowest BCUT2D eigenvalue weighted by Crippen LogP contribution is -2.46. The molecule has 0 aliphatic carbocycles. The van der Waals surface area contributed by atoms with Crippen molar-refractivity contribution in [2.24, 2.45) is 0 Å². The number of amides is 1. The van der Waals surface area contributed by atoms with Crippen molar-refractivity contribution in [3.63, 3.8) is 0 Å². The highest BCUT2D eigenvalue weighted by Gasteiger charge is 2.17. The molecule has 0 aromatic heterocycles. The van der Waals surface area contributed by atoms with Gasteiger partial charge in [0.2, 0.25) is 5.91 Å². The number of piperazine rings is 1. The van der Waals surface area contributed by atoms with Crippen molar-refractivity contribution in [3.05, 3.63) is 39.9 Å². The van der Waals surface area contributed by atoms with Crippen LogP contribution >= 0.6 is 0 Å². The highest BCUT2D eigenvalue weighted by atomic mass is 16.6. The molecule has 1 atom stereocenters. The maximum absolute atomic E-state index is 12.1. The Balaban J connectivity index is 1.84. The number of hydrogen-bond donors (Lipinski definition) is 1. The Morgan fingerprint density at radius 1 is 1.33 bits per heavy atom. The van der Waals surface area contributed by atoms with Crippen LogP contribution in [0.4, 0.5) is 5.69 Å². The Morgan fingerprint density at radius 2 is 1.95 bits per heavy atom. The van der Waals surface area contributed by atoms with Crippen LogP contribution in [0.2, 0.25) is 0 Å². The normalized spacial score (nSPS) is 16.5. The predicted molar refractivity (Wildman–Crippen MR) is 80.2 cm³/mol. The molecule has 1 saturated heterocycles. The molecule has 0 saturated carbocycles. The lowest BCUT2D eigenvalue weighted by molar-refractivity contribution is -0.384. The van der Waals surface area contributed by atoms with Crippen LogP contribution in [0.15, 0.2) is 24.3 Å². The topological polar surface area (TPSA) is 75.5 Å². The van der Waals surface area contributed by atoms with Gasteiger partial charge in [0.05, 0.1) is 4.92 Å². The van der Waals surface area contributed by atoms with Gasteiger partial charge < -0.3 is 10.2 Å². The summed E-state index contributed by atoms with van der Waals surface area (Å²) in [5.74, 6) is 0.419. The number of carbonyl (C=O) groups excluding carboxylic acids is 1. The Morgan fingerprint density at radius 3 is 2.52 bits per heavy atom. The van der Waals surface area contributed by atoms with Gasteiger partial charge in [-0.05, 0) is 17.9 Å². The van der Waals surface area contributed by atoms with Crippen LogP contribution in [0, 0.1) is 10.1 Å². The maximum Gasteiger partial charge on any atom is 0.269 e. The highest BCUT2D eigenvalue weighted by Crippen LogP contribution is 2.23. The van der Waals surface area contributed by atoms with Gasteiger partial charge >= 0.3 is 0 Å². The molecule has 1 N–H and O–H groups in total. The Bertz CT molecular complexity index is 495. The van der Waals surface area contributed by atoms with Crippen molar-refractivity contribution in [1.82, 2.24) is 10.2 Å². The number of nitro benzene ring substituents is 1. The van der Waals surface area contributed by atoms with Gasteiger partial charge in [-0.25, -0.2) is 0 Å². The maximum atomic E-state index is 12.1. The van der Waals surface area contributed by atoms with Gasteiger partial charge in [0.15, 0.2) is 0 Å². The van der Waals surface area contributed by atoms with Crippen LogP contribution in [-0.2, 0) is 4.79 Å². The minimum Gasteiger partial charge on any atom is -0.340 e. The van der Waals surface area contributed by atoms with E-state index < -0.39 is 4.92 Å². The van der Waals surface area contributed by atoms with E-state index in [2.05, 4.69) is 5.32 Å². The summed E-state index contributed by atoms with van der Waals surface area (Å²) in [5.41, 5.74) is 1.14. The molecule has 21 heavy (non-hydrogen) atoms. The third-order valence-corrected chi connectivity index (χ3v) is 3.93. The van der Waals surface area contributed by atoms with E-state index in [1.54, 1.807) is 12.1 Å². The summed E-state index contributed by atoms with van der Waals surface area (Å²) in [7, 11) is 0. The van der Waals surface area contributed by atoms with E-state index in [9.17, 15) is 14.9 Å². The average molecular weight is 291 g/mol. The van der Waals surface area contributed by atoms with E-state index in [1.165, 1.54) is 12.1 Å². The summed E-state index contributed by atoms with van der Waals surface area (Å²) in [5, 5.41) is 13.8. The SMILES string of the molecule is CC(CCC(=O)N1CCNCC1)c1ccc([N+](=O)[O-])cc1. The molecule has 0 spiro atoms. The van der Waals surface area contributed by atoms with Gasteiger partial charge in [-0.2, -0.15) is 0 Å². The van der Waals surface area contributed by atoms with Gasteiger partial charge in [-0.15, -0.1) is 0 Å². The zero-order valence-corrected chi connectivity index (χ0v) is 12.2.